The Balaban J connectivity index is 1.58. The first-order chi connectivity index (χ1) is 12.6. The van der Waals surface area contributed by atoms with Crippen LogP contribution in [0.4, 0.5) is 0 Å². The molecule has 1 N–H and O–H groups in total. The molecule has 3 aliphatic rings. The summed E-state index contributed by atoms with van der Waals surface area (Å²) >= 11 is 0. The van der Waals surface area contributed by atoms with Crippen molar-refractivity contribution < 1.29 is 17.9 Å². The topological polar surface area (TPSA) is 79.0 Å². The summed E-state index contributed by atoms with van der Waals surface area (Å²) < 4.78 is 32.9. The zero-order valence-corrected chi connectivity index (χ0v) is 15.6. The van der Waals surface area contributed by atoms with Crippen LogP contribution in [0.25, 0.3) is 0 Å². The molecule has 2 saturated heterocycles. The third-order valence-electron chi connectivity index (χ3n) is 5.48. The van der Waals surface area contributed by atoms with Crippen LogP contribution in [0.1, 0.15) is 24.0 Å². The molecule has 1 aromatic rings. The number of sulfonamides is 1. The quantitative estimate of drug-likeness (QED) is 0.820. The summed E-state index contributed by atoms with van der Waals surface area (Å²) in [5.74, 6) is 0.134. The monoisotopic (exact) mass is 379 g/mol. The Labute approximate surface area is 154 Å². The molecule has 0 bridgehead atoms. The van der Waals surface area contributed by atoms with Crippen LogP contribution < -0.4 is 5.32 Å². The predicted octanol–water partition coefficient (Wildman–Crippen LogP) is 0.344. The second-order valence-corrected chi connectivity index (χ2v) is 8.98. The molecule has 0 radical (unpaired) electrons. The molecule has 0 saturated carbocycles. The van der Waals surface area contributed by atoms with E-state index >= 15 is 0 Å². The van der Waals surface area contributed by atoms with Gasteiger partial charge in [-0.1, -0.05) is 12.1 Å². The fourth-order valence-electron chi connectivity index (χ4n) is 4.05. The van der Waals surface area contributed by atoms with Gasteiger partial charge in [-0.3, -0.25) is 4.79 Å². The van der Waals surface area contributed by atoms with E-state index in [-0.39, 0.29) is 11.9 Å². The van der Waals surface area contributed by atoms with Crippen molar-refractivity contribution in [2.75, 3.05) is 39.4 Å². The number of ether oxygens (including phenoxy) is 1. The molecule has 7 nitrogen and oxygen atoms in total. The summed E-state index contributed by atoms with van der Waals surface area (Å²) in [6, 6.07) is 5.33. The fourth-order valence-corrected chi connectivity index (χ4v) is 5.75. The van der Waals surface area contributed by atoms with Gasteiger partial charge in [-0.25, -0.2) is 8.42 Å². The van der Waals surface area contributed by atoms with Crippen molar-refractivity contribution in [2.24, 2.45) is 0 Å². The van der Waals surface area contributed by atoms with Crippen molar-refractivity contribution >= 4 is 15.9 Å². The number of amides is 1. The molecule has 1 aromatic carbocycles. The Bertz CT molecular complexity index is 784. The summed E-state index contributed by atoms with van der Waals surface area (Å²) in [7, 11) is -3.52. The number of carbonyl (C=O) groups is 1. The molecule has 4 rings (SSSR count). The van der Waals surface area contributed by atoms with Crippen molar-refractivity contribution in [3.63, 3.8) is 0 Å². The predicted molar refractivity (Wildman–Crippen MR) is 96.2 cm³/mol. The first kappa shape index (κ1) is 17.9. The van der Waals surface area contributed by atoms with Crippen molar-refractivity contribution in [1.82, 2.24) is 14.5 Å². The molecule has 142 valence electrons. The molecule has 0 spiro atoms. The maximum absolute atomic E-state index is 13.1. The molecule has 0 aromatic heterocycles. The number of carbonyl (C=O) groups excluding carboxylic acids is 1. The SMILES string of the molecule is O=C([C@H]1CCCN1)N1CCc2c(cccc2S(=O)(=O)N2CCOCC2)C1. The van der Waals surface area contributed by atoms with Gasteiger partial charge in [-0.2, -0.15) is 4.31 Å². The molecule has 2 fully saturated rings. The standard InChI is InChI=1S/C18H25N3O4S/c22-18(16-4-2-7-19-16)20-8-6-15-14(13-20)3-1-5-17(15)26(23,24)21-9-11-25-12-10-21/h1,3,5,16,19H,2,4,6-13H2/t16-/m1/s1. The highest BCUT2D eigenvalue weighted by Gasteiger charge is 2.33. The fraction of sp³-hybridized carbons (Fsp3) is 0.611. The van der Waals surface area contributed by atoms with Gasteiger partial charge in [-0.05, 0) is 43.0 Å². The number of hydrogen-bond donors (Lipinski definition) is 1. The molecule has 3 aliphatic heterocycles. The van der Waals surface area contributed by atoms with Crippen LogP contribution >= 0.6 is 0 Å². The van der Waals surface area contributed by atoms with Gasteiger partial charge in [0, 0.05) is 26.2 Å². The van der Waals surface area contributed by atoms with E-state index in [1.165, 1.54) is 4.31 Å². The number of benzene rings is 1. The van der Waals surface area contributed by atoms with Crippen LogP contribution in [-0.4, -0.2) is 69.0 Å². The second-order valence-electron chi connectivity index (χ2n) is 7.07. The smallest absolute Gasteiger partial charge is 0.243 e. The van der Waals surface area contributed by atoms with Crippen LogP contribution in [0.15, 0.2) is 23.1 Å². The minimum atomic E-state index is -3.52. The molecule has 0 aliphatic carbocycles. The van der Waals surface area contributed by atoms with E-state index in [2.05, 4.69) is 5.32 Å². The maximum atomic E-state index is 13.1. The lowest BCUT2D eigenvalue weighted by atomic mass is 9.99. The summed E-state index contributed by atoms with van der Waals surface area (Å²) in [5.41, 5.74) is 1.80. The summed E-state index contributed by atoms with van der Waals surface area (Å²) in [6.45, 7) is 3.60. The van der Waals surface area contributed by atoms with Gasteiger partial charge in [-0.15, -0.1) is 0 Å². The number of nitrogens with zero attached hydrogens (tertiary/aromatic N) is 2. The van der Waals surface area contributed by atoms with Crippen molar-refractivity contribution in [1.29, 1.82) is 0 Å². The van der Waals surface area contributed by atoms with E-state index in [4.69, 9.17) is 4.74 Å². The highest BCUT2D eigenvalue weighted by atomic mass is 32.2. The number of morpholine rings is 1. The van der Waals surface area contributed by atoms with Crippen LogP contribution in [0.2, 0.25) is 0 Å². The third kappa shape index (κ3) is 3.26. The molecule has 3 heterocycles. The second kappa shape index (κ2) is 7.26. The first-order valence-electron chi connectivity index (χ1n) is 9.28. The average molecular weight is 379 g/mol. The first-order valence-corrected chi connectivity index (χ1v) is 10.7. The van der Waals surface area contributed by atoms with E-state index in [0.29, 0.717) is 50.7 Å². The van der Waals surface area contributed by atoms with Gasteiger partial charge in [0.1, 0.15) is 0 Å². The lowest BCUT2D eigenvalue weighted by Crippen LogP contribution is -2.46. The Morgan fingerprint density at radius 1 is 1.19 bits per heavy atom. The Morgan fingerprint density at radius 3 is 2.73 bits per heavy atom. The number of nitrogens with one attached hydrogen (secondary N) is 1. The van der Waals surface area contributed by atoms with Gasteiger partial charge < -0.3 is 15.0 Å². The molecule has 8 heteroatoms. The third-order valence-corrected chi connectivity index (χ3v) is 7.46. The molecule has 1 atom stereocenters. The van der Waals surface area contributed by atoms with E-state index in [1.54, 1.807) is 12.1 Å². The summed E-state index contributed by atoms with van der Waals surface area (Å²) in [4.78, 5) is 14.9. The number of rotatable bonds is 3. The molecule has 1 amide bonds. The maximum Gasteiger partial charge on any atom is 0.243 e. The van der Waals surface area contributed by atoms with Crippen LogP contribution in [-0.2, 0) is 32.5 Å². The van der Waals surface area contributed by atoms with Gasteiger partial charge in [0.05, 0.1) is 24.2 Å². The lowest BCUT2D eigenvalue weighted by Gasteiger charge is -2.33. The Morgan fingerprint density at radius 2 is 2.00 bits per heavy atom. The van der Waals surface area contributed by atoms with Gasteiger partial charge in [0.15, 0.2) is 0 Å². The van der Waals surface area contributed by atoms with Crippen molar-refractivity contribution in [3.8, 4) is 0 Å². The highest BCUT2D eigenvalue weighted by Crippen LogP contribution is 2.29. The average Bonchev–Trinajstić information content (AvgIpc) is 3.22. The van der Waals surface area contributed by atoms with Crippen LogP contribution in [0.3, 0.4) is 0 Å². The van der Waals surface area contributed by atoms with Crippen LogP contribution in [0, 0.1) is 0 Å². The Kier molecular flexibility index (Phi) is 5.00. The molecule has 0 unspecified atom stereocenters. The Hall–Kier alpha value is -1.48. The lowest BCUT2D eigenvalue weighted by molar-refractivity contribution is -0.134. The van der Waals surface area contributed by atoms with Gasteiger partial charge >= 0.3 is 0 Å². The van der Waals surface area contributed by atoms with Gasteiger partial charge in [0.25, 0.3) is 0 Å². The van der Waals surface area contributed by atoms with E-state index in [1.807, 2.05) is 11.0 Å². The molecular weight excluding hydrogens is 354 g/mol. The zero-order valence-electron chi connectivity index (χ0n) is 14.8. The minimum Gasteiger partial charge on any atom is -0.379 e. The number of fused-ring (bicyclic) bond motifs is 1. The van der Waals surface area contributed by atoms with Gasteiger partial charge in [0.2, 0.25) is 15.9 Å². The minimum absolute atomic E-state index is 0.0863. The number of hydrogen-bond acceptors (Lipinski definition) is 5. The highest BCUT2D eigenvalue weighted by molar-refractivity contribution is 7.89. The largest absolute Gasteiger partial charge is 0.379 e. The van der Waals surface area contributed by atoms with E-state index in [9.17, 15) is 13.2 Å². The molecule has 26 heavy (non-hydrogen) atoms. The summed E-state index contributed by atoms with van der Waals surface area (Å²) in [6.07, 6.45) is 2.49. The van der Waals surface area contributed by atoms with E-state index in [0.717, 1.165) is 30.5 Å². The van der Waals surface area contributed by atoms with Crippen LogP contribution in [0.5, 0.6) is 0 Å². The normalized spacial score (nSPS) is 24.5. The van der Waals surface area contributed by atoms with E-state index < -0.39 is 10.0 Å². The van der Waals surface area contributed by atoms with Crippen molar-refractivity contribution in [2.45, 2.75) is 36.7 Å². The van der Waals surface area contributed by atoms with Crippen molar-refractivity contribution in [3.05, 3.63) is 29.3 Å². The summed E-state index contributed by atoms with van der Waals surface area (Å²) in [5, 5.41) is 3.25. The zero-order chi connectivity index (χ0) is 18.1. The molecular formula is C18H25N3O4S.